The lowest BCUT2D eigenvalue weighted by Crippen LogP contribution is -2.27. The van der Waals surface area contributed by atoms with Crippen LogP contribution in [0.4, 0.5) is 13.2 Å². The average Bonchev–Trinajstić information content (AvgIpc) is 3.29. The fraction of sp³-hybridized carbons (Fsp3) is 0.200. The van der Waals surface area contributed by atoms with Crippen LogP contribution in [0.15, 0.2) is 53.3 Å². The lowest BCUT2D eigenvalue weighted by atomic mass is 9.84. The molecule has 0 amide bonds. The summed E-state index contributed by atoms with van der Waals surface area (Å²) in [5.74, 6) is -0.247. The summed E-state index contributed by atoms with van der Waals surface area (Å²) >= 11 is 7.63. The molecule has 1 aliphatic carbocycles. The van der Waals surface area contributed by atoms with Crippen LogP contribution in [-0.2, 0) is 6.42 Å². The van der Waals surface area contributed by atoms with E-state index in [1.165, 1.54) is 36.6 Å². The second-order valence-electron chi connectivity index (χ2n) is 8.14. The number of aromatic amines is 1. The van der Waals surface area contributed by atoms with Crippen molar-refractivity contribution in [3.05, 3.63) is 79.9 Å². The van der Waals surface area contributed by atoms with E-state index in [0.717, 1.165) is 15.3 Å². The summed E-state index contributed by atoms with van der Waals surface area (Å²) in [6, 6.07) is 12.6. The van der Waals surface area contributed by atoms with Gasteiger partial charge in [-0.1, -0.05) is 11.6 Å². The maximum Gasteiger partial charge on any atom is 0.573 e. The van der Waals surface area contributed by atoms with Crippen LogP contribution in [-0.4, -0.2) is 24.2 Å². The van der Waals surface area contributed by atoms with Crippen molar-refractivity contribution in [1.82, 2.24) is 4.98 Å². The zero-order chi connectivity index (χ0) is 24.9. The largest absolute Gasteiger partial charge is 0.573 e. The maximum atomic E-state index is 13.1. The number of halogens is 4. The monoisotopic (exact) mass is 519 g/mol. The molecule has 10 heteroatoms. The molecule has 4 aromatic rings. The molecule has 0 bridgehead atoms. The number of carbonyl (C=O) groups is 1. The van der Waals surface area contributed by atoms with E-state index in [-0.39, 0.29) is 39.9 Å². The highest BCUT2D eigenvalue weighted by Gasteiger charge is 2.32. The molecule has 180 valence electrons. The summed E-state index contributed by atoms with van der Waals surface area (Å²) in [6.07, 6.45) is -4.09. The zero-order valence-electron chi connectivity index (χ0n) is 18.2. The smallest absolute Gasteiger partial charge is 0.495 e. The van der Waals surface area contributed by atoms with Crippen molar-refractivity contribution in [2.75, 3.05) is 7.11 Å². The molecule has 1 unspecified atom stereocenters. The number of H-pyrrole nitrogens is 1. The number of thiophene rings is 1. The van der Waals surface area contributed by atoms with Gasteiger partial charge in [-0.25, -0.2) is 0 Å². The number of aromatic nitrogens is 1. The molecule has 0 spiro atoms. The second kappa shape index (κ2) is 8.73. The summed E-state index contributed by atoms with van der Waals surface area (Å²) in [7, 11) is 1.48. The molecule has 0 saturated carbocycles. The van der Waals surface area contributed by atoms with E-state index in [1.807, 2.05) is 12.1 Å². The Kier molecular flexibility index (Phi) is 5.85. The van der Waals surface area contributed by atoms with Gasteiger partial charge in [0, 0.05) is 39.2 Å². The molecule has 0 radical (unpaired) electrons. The molecule has 0 saturated heterocycles. The van der Waals surface area contributed by atoms with Crippen LogP contribution in [0.5, 0.6) is 11.5 Å². The zero-order valence-corrected chi connectivity index (χ0v) is 19.7. The molecule has 1 aliphatic rings. The van der Waals surface area contributed by atoms with E-state index in [4.69, 9.17) is 16.3 Å². The Balaban J connectivity index is 1.44. The van der Waals surface area contributed by atoms with Gasteiger partial charge in [0.05, 0.1) is 23.2 Å². The first-order valence-corrected chi connectivity index (χ1v) is 11.7. The van der Waals surface area contributed by atoms with E-state index in [9.17, 15) is 22.8 Å². The number of alkyl halides is 3. The number of ether oxygens (including phenoxy) is 2. The highest BCUT2D eigenvalue weighted by atomic mass is 35.5. The van der Waals surface area contributed by atoms with E-state index < -0.39 is 6.36 Å². The Labute approximate surface area is 206 Å². The summed E-state index contributed by atoms with van der Waals surface area (Å²) in [5.41, 5.74) is 1.65. The van der Waals surface area contributed by atoms with Gasteiger partial charge >= 0.3 is 6.36 Å². The summed E-state index contributed by atoms with van der Waals surface area (Å²) in [4.78, 5) is 31.1. The molecule has 0 aliphatic heterocycles. The predicted molar refractivity (Wildman–Crippen MR) is 128 cm³/mol. The fourth-order valence-corrected chi connectivity index (χ4v) is 5.69. The molecular weight excluding hydrogens is 503 g/mol. The van der Waals surface area contributed by atoms with Crippen LogP contribution in [0.2, 0.25) is 5.02 Å². The molecule has 0 fully saturated rings. The molecule has 2 heterocycles. The van der Waals surface area contributed by atoms with Crippen molar-refractivity contribution in [2.45, 2.75) is 25.1 Å². The summed E-state index contributed by atoms with van der Waals surface area (Å²) < 4.78 is 46.4. The Hall–Kier alpha value is -3.30. The van der Waals surface area contributed by atoms with Crippen LogP contribution in [0.25, 0.3) is 21.3 Å². The van der Waals surface area contributed by atoms with Gasteiger partial charge in [-0.3, -0.25) is 9.59 Å². The number of pyridine rings is 1. The van der Waals surface area contributed by atoms with Crippen molar-refractivity contribution in [1.29, 1.82) is 0 Å². The van der Waals surface area contributed by atoms with Gasteiger partial charge < -0.3 is 14.5 Å². The second-order valence-corrected chi connectivity index (χ2v) is 9.67. The minimum absolute atomic E-state index is 0.135. The van der Waals surface area contributed by atoms with Gasteiger partial charge in [-0.05, 0) is 54.4 Å². The Morgan fingerprint density at radius 2 is 1.80 bits per heavy atom. The third-order valence-electron chi connectivity index (χ3n) is 5.91. The lowest BCUT2D eigenvalue weighted by molar-refractivity contribution is -0.274. The Bertz CT molecular complexity index is 1510. The SMILES string of the molecule is COc1cc2[nH]c3c(c(=O)c2cc1Cl)C(=O)CC(c1ccc(-c2ccc(OC(F)(F)F)cc2)s1)C3. The highest BCUT2D eigenvalue weighted by molar-refractivity contribution is 7.15. The number of Topliss-reactive ketones (excluding diaryl/α,β-unsaturated/α-hetero) is 1. The van der Waals surface area contributed by atoms with E-state index in [1.54, 1.807) is 18.2 Å². The molecule has 5 nitrogen and oxygen atoms in total. The summed E-state index contributed by atoms with van der Waals surface area (Å²) in [5, 5.41) is 0.619. The Morgan fingerprint density at radius 1 is 1.06 bits per heavy atom. The first-order chi connectivity index (χ1) is 16.6. The molecule has 5 rings (SSSR count). The van der Waals surface area contributed by atoms with Gasteiger partial charge in [-0.2, -0.15) is 0 Å². The van der Waals surface area contributed by atoms with Gasteiger partial charge in [0.15, 0.2) is 5.78 Å². The van der Waals surface area contributed by atoms with Gasteiger partial charge in [0.25, 0.3) is 0 Å². The van der Waals surface area contributed by atoms with Gasteiger partial charge in [0.2, 0.25) is 5.43 Å². The number of fused-ring (bicyclic) bond motifs is 2. The normalized spacial score (nSPS) is 15.8. The van der Waals surface area contributed by atoms with Crippen LogP contribution >= 0.6 is 22.9 Å². The minimum Gasteiger partial charge on any atom is -0.495 e. The van der Waals surface area contributed by atoms with Crippen molar-refractivity contribution >= 4 is 39.6 Å². The highest BCUT2D eigenvalue weighted by Crippen LogP contribution is 2.39. The first kappa shape index (κ1) is 23.4. The minimum atomic E-state index is -4.74. The number of benzene rings is 2. The number of carbonyl (C=O) groups excluding carboxylic acids is 1. The van der Waals surface area contributed by atoms with Gasteiger partial charge in [0.1, 0.15) is 11.5 Å². The number of rotatable bonds is 4. The average molecular weight is 520 g/mol. The van der Waals surface area contributed by atoms with Crippen LogP contribution < -0.4 is 14.9 Å². The van der Waals surface area contributed by atoms with Crippen LogP contribution in [0, 0.1) is 0 Å². The third-order valence-corrected chi connectivity index (χ3v) is 7.51. The Morgan fingerprint density at radius 3 is 2.49 bits per heavy atom. The summed E-state index contributed by atoms with van der Waals surface area (Å²) in [6.45, 7) is 0. The lowest BCUT2D eigenvalue weighted by Gasteiger charge is -2.23. The van der Waals surface area contributed by atoms with E-state index in [2.05, 4.69) is 9.72 Å². The van der Waals surface area contributed by atoms with E-state index >= 15 is 0 Å². The quantitative estimate of drug-likeness (QED) is 0.324. The maximum absolute atomic E-state index is 13.1. The molecular formula is C25H17ClF3NO4S. The van der Waals surface area contributed by atoms with Crippen LogP contribution in [0.1, 0.15) is 33.3 Å². The predicted octanol–water partition coefficient (Wildman–Crippen LogP) is 6.73. The van der Waals surface area contributed by atoms with Crippen molar-refractivity contribution < 1.29 is 27.4 Å². The molecule has 35 heavy (non-hydrogen) atoms. The number of nitrogens with one attached hydrogen (secondary N) is 1. The number of ketones is 1. The van der Waals surface area contributed by atoms with Gasteiger partial charge in [-0.15, -0.1) is 24.5 Å². The van der Waals surface area contributed by atoms with Crippen molar-refractivity contribution in [3.63, 3.8) is 0 Å². The van der Waals surface area contributed by atoms with Crippen molar-refractivity contribution in [3.8, 4) is 21.9 Å². The number of hydrogen-bond donors (Lipinski definition) is 1. The first-order valence-electron chi connectivity index (χ1n) is 10.5. The number of hydrogen-bond acceptors (Lipinski definition) is 5. The number of methoxy groups -OCH3 is 1. The molecule has 2 aromatic carbocycles. The van der Waals surface area contributed by atoms with E-state index in [0.29, 0.717) is 28.8 Å². The molecule has 1 atom stereocenters. The topological polar surface area (TPSA) is 68.4 Å². The standard InChI is InChI=1S/C25H17ClF3NO4S/c1-33-20-11-17-15(10-16(20)26)24(32)23-18(30-17)8-13(9-19(23)31)22-7-6-21(35-22)12-2-4-14(5-3-12)34-25(27,28)29/h2-7,10-11,13H,8-9H2,1H3,(H,30,32). The molecule has 1 N–H and O–H groups in total. The van der Waals surface area contributed by atoms with Crippen LogP contribution in [0.3, 0.4) is 0 Å². The molecule has 2 aromatic heterocycles. The third kappa shape index (κ3) is 4.53. The fourth-order valence-electron chi connectivity index (χ4n) is 4.34. The van der Waals surface area contributed by atoms with Crippen molar-refractivity contribution in [2.24, 2.45) is 0 Å².